The summed E-state index contributed by atoms with van der Waals surface area (Å²) in [6.45, 7) is 3.12. The van der Waals surface area contributed by atoms with E-state index < -0.39 is 0 Å². The lowest BCUT2D eigenvalue weighted by molar-refractivity contribution is 0.190. The first-order valence-corrected chi connectivity index (χ1v) is 6.19. The van der Waals surface area contributed by atoms with Gasteiger partial charge in [0.25, 0.3) is 0 Å². The first-order valence-electron chi connectivity index (χ1n) is 6.19. The third-order valence-electron chi connectivity index (χ3n) is 3.15. The third-order valence-corrected chi connectivity index (χ3v) is 3.15. The average Bonchev–Trinajstić information content (AvgIpc) is 2.70. The lowest BCUT2D eigenvalue weighted by atomic mass is 9.95. The van der Waals surface area contributed by atoms with E-state index in [4.69, 9.17) is 14.9 Å². The lowest BCUT2D eigenvalue weighted by Crippen LogP contribution is -2.28. The summed E-state index contributed by atoms with van der Waals surface area (Å²) in [4.78, 5) is 4.60. The van der Waals surface area contributed by atoms with Crippen molar-refractivity contribution in [1.82, 2.24) is 0 Å². The Morgan fingerprint density at radius 2 is 2.06 bits per heavy atom. The predicted octanol–water partition coefficient (Wildman–Crippen LogP) is 1.50. The number of hydrogen-bond acceptors (Lipinski definition) is 4. The fraction of sp³-hybridized carbons (Fsp3) is 0.917. The number of aliphatic hydroxyl groups is 2. The summed E-state index contributed by atoms with van der Waals surface area (Å²) in [5.41, 5.74) is -0.180. The monoisotopic (exact) mass is 229 g/mol. The molecule has 1 atom stereocenters. The number of aliphatic imine (C=N–C) groups is 1. The molecular formula is C12H23NO3. The van der Waals surface area contributed by atoms with Crippen LogP contribution in [0.25, 0.3) is 0 Å². The van der Waals surface area contributed by atoms with E-state index in [0.29, 0.717) is 13.0 Å². The molecule has 1 aliphatic heterocycles. The fourth-order valence-corrected chi connectivity index (χ4v) is 1.93. The van der Waals surface area contributed by atoms with Crippen molar-refractivity contribution < 1.29 is 14.9 Å². The molecule has 0 bridgehead atoms. The molecule has 2 N–H and O–H groups in total. The van der Waals surface area contributed by atoms with Gasteiger partial charge < -0.3 is 14.9 Å². The van der Waals surface area contributed by atoms with Gasteiger partial charge in [0.2, 0.25) is 0 Å². The minimum Gasteiger partial charge on any atom is -0.478 e. The fourth-order valence-electron chi connectivity index (χ4n) is 1.93. The second kappa shape index (κ2) is 6.86. The van der Waals surface area contributed by atoms with Gasteiger partial charge in [0, 0.05) is 19.6 Å². The lowest BCUT2D eigenvalue weighted by Gasteiger charge is -2.20. The Morgan fingerprint density at radius 3 is 2.69 bits per heavy atom. The van der Waals surface area contributed by atoms with Crippen LogP contribution in [0.4, 0.5) is 0 Å². The van der Waals surface area contributed by atoms with Crippen molar-refractivity contribution in [2.24, 2.45) is 4.99 Å². The second-order valence-electron chi connectivity index (χ2n) is 4.38. The summed E-state index contributed by atoms with van der Waals surface area (Å²) in [6, 6.07) is 0. The van der Waals surface area contributed by atoms with E-state index >= 15 is 0 Å². The van der Waals surface area contributed by atoms with Gasteiger partial charge in [-0.15, -0.1) is 0 Å². The van der Waals surface area contributed by atoms with E-state index in [1.807, 2.05) is 0 Å². The Labute approximate surface area is 97.3 Å². The topological polar surface area (TPSA) is 62.0 Å². The standard InChI is InChI=1S/C12H23NO3/c1-2-12(7-9-15)10-16-11(13-12)6-4-3-5-8-14/h14-15H,2-10H2,1H3. The third kappa shape index (κ3) is 3.76. The van der Waals surface area contributed by atoms with E-state index in [9.17, 15) is 0 Å². The van der Waals surface area contributed by atoms with Gasteiger partial charge in [-0.05, 0) is 25.7 Å². The molecular weight excluding hydrogens is 206 g/mol. The highest BCUT2D eigenvalue weighted by Crippen LogP contribution is 2.27. The van der Waals surface area contributed by atoms with Crippen molar-refractivity contribution in [3.05, 3.63) is 0 Å². The highest BCUT2D eigenvalue weighted by Gasteiger charge is 2.33. The maximum Gasteiger partial charge on any atom is 0.183 e. The largest absolute Gasteiger partial charge is 0.478 e. The Hall–Kier alpha value is -0.610. The molecule has 1 heterocycles. The molecule has 1 unspecified atom stereocenters. The van der Waals surface area contributed by atoms with Crippen LogP contribution in [0.15, 0.2) is 4.99 Å². The zero-order chi connectivity index (χ0) is 11.9. The van der Waals surface area contributed by atoms with Crippen molar-refractivity contribution in [1.29, 1.82) is 0 Å². The van der Waals surface area contributed by atoms with Crippen molar-refractivity contribution in [2.75, 3.05) is 19.8 Å². The van der Waals surface area contributed by atoms with Crippen LogP contribution >= 0.6 is 0 Å². The Bertz CT molecular complexity index is 230. The van der Waals surface area contributed by atoms with E-state index in [2.05, 4.69) is 11.9 Å². The zero-order valence-electron chi connectivity index (χ0n) is 10.1. The number of unbranched alkanes of at least 4 members (excludes halogenated alkanes) is 2. The molecule has 0 amide bonds. The predicted molar refractivity (Wildman–Crippen MR) is 63.7 cm³/mol. The summed E-state index contributed by atoms with van der Waals surface area (Å²) < 4.78 is 5.57. The molecule has 0 fully saturated rings. The van der Waals surface area contributed by atoms with Gasteiger partial charge >= 0.3 is 0 Å². The molecule has 4 heteroatoms. The SMILES string of the molecule is CCC1(CCO)COC(CCCCCO)=N1. The Morgan fingerprint density at radius 1 is 1.25 bits per heavy atom. The molecule has 0 aromatic carbocycles. The van der Waals surface area contributed by atoms with Crippen molar-refractivity contribution in [3.63, 3.8) is 0 Å². The van der Waals surface area contributed by atoms with E-state index in [1.165, 1.54) is 0 Å². The molecule has 0 radical (unpaired) electrons. The molecule has 4 nitrogen and oxygen atoms in total. The zero-order valence-corrected chi connectivity index (χ0v) is 10.1. The molecule has 1 aliphatic rings. The maximum absolute atomic E-state index is 9.00. The Kier molecular flexibility index (Phi) is 5.77. The van der Waals surface area contributed by atoms with E-state index in [-0.39, 0.29) is 18.8 Å². The number of rotatable bonds is 8. The van der Waals surface area contributed by atoms with Crippen LogP contribution in [0.1, 0.15) is 45.4 Å². The van der Waals surface area contributed by atoms with Crippen LogP contribution in [-0.4, -0.2) is 41.5 Å². The van der Waals surface area contributed by atoms with Gasteiger partial charge in [-0.25, -0.2) is 4.99 Å². The maximum atomic E-state index is 9.00. The molecule has 0 aromatic heterocycles. The van der Waals surface area contributed by atoms with E-state index in [0.717, 1.165) is 38.0 Å². The summed E-state index contributed by atoms with van der Waals surface area (Å²) in [5.74, 6) is 0.827. The van der Waals surface area contributed by atoms with Gasteiger partial charge in [-0.3, -0.25) is 0 Å². The number of nitrogens with zero attached hydrogens (tertiary/aromatic N) is 1. The smallest absolute Gasteiger partial charge is 0.183 e. The van der Waals surface area contributed by atoms with Gasteiger partial charge in [-0.2, -0.15) is 0 Å². The van der Waals surface area contributed by atoms with Gasteiger partial charge in [-0.1, -0.05) is 13.3 Å². The van der Waals surface area contributed by atoms with Crippen LogP contribution in [0.2, 0.25) is 0 Å². The van der Waals surface area contributed by atoms with Gasteiger partial charge in [0.15, 0.2) is 5.90 Å². The molecule has 94 valence electrons. The minimum atomic E-state index is -0.180. The molecule has 0 saturated carbocycles. The van der Waals surface area contributed by atoms with Crippen LogP contribution in [-0.2, 0) is 4.74 Å². The number of hydrogen-bond donors (Lipinski definition) is 2. The van der Waals surface area contributed by atoms with Crippen LogP contribution in [0.3, 0.4) is 0 Å². The summed E-state index contributed by atoms with van der Waals surface area (Å²) in [6.07, 6.45) is 5.32. The van der Waals surface area contributed by atoms with Crippen molar-refractivity contribution >= 4 is 5.90 Å². The normalized spacial score (nSPS) is 24.3. The summed E-state index contributed by atoms with van der Waals surface area (Å²) in [5, 5.41) is 17.7. The minimum absolute atomic E-state index is 0.165. The summed E-state index contributed by atoms with van der Waals surface area (Å²) >= 11 is 0. The van der Waals surface area contributed by atoms with Crippen LogP contribution < -0.4 is 0 Å². The quantitative estimate of drug-likeness (QED) is 0.620. The molecule has 0 spiro atoms. The summed E-state index contributed by atoms with van der Waals surface area (Å²) in [7, 11) is 0. The highest BCUT2D eigenvalue weighted by molar-refractivity contribution is 5.78. The Balaban J connectivity index is 2.35. The molecule has 0 saturated heterocycles. The van der Waals surface area contributed by atoms with Gasteiger partial charge in [0.05, 0.1) is 0 Å². The molecule has 0 aliphatic carbocycles. The van der Waals surface area contributed by atoms with Crippen LogP contribution in [0.5, 0.6) is 0 Å². The van der Waals surface area contributed by atoms with Crippen molar-refractivity contribution in [3.8, 4) is 0 Å². The van der Waals surface area contributed by atoms with Crippen LogP contribution in [0, 0.1) is 0 Å². The van der Waals surface area contributed by atoms with E-state index in [1.54, 1.807) is 0 Å². The number of ether oxygens (including phenoxy) is 1. The average molecular weight is 229 g/mol. The van der Waals surface area contributed by atoms with Gasteiger partial charge in [0.1, 0.15) is 12.1 Å². The molecule has 0 aromatic rings. The first kappa shape index (κ1) is 13.5. The second-order valence-corrected chi connectivity index (χ2v) is 4.38. The van der Waals surface area contributed by atoms with Crippen molar-refractivity contribution in [2.45, 2.75) is 51.0 Å². The highest BCUT2D eigenvalue weighted by atomic mass is 16.5. The molecule has 1 rings (SSSR count). The molecule has 16 heavy (non-hydrogen) atoms. The first-order chi connectivity index (χ1) is 7.76. The number of aliphatic hydroxyl groups excluding tert-OH is 2.